The second-order valence-corrected chi connectivity index (χ2v) is 4.56. The molecular weight excluding hydrogens is 214 g/mol. The average Bonchev–Trinajstić information content (AvgIpc) is 2.95. The number of amidine groups is 1. The molecule has 1 aliphatic carbocycles. The summed E-state index contributed by atoms with van der Waals surface area (Å²) in [7, 11) is 1.93. The van der Waals surface area contributed by atoms with Gasteiger partial charge >= 0.3 is 0 Å². The highest BCUT2D eigenvalue weighted by atomic mass is 15.3. The monoisotopic (exact) mass is 235 g/mol. The zero-order chi connectivity index (χ0) is 12.3. The van der Waals surface area contributed by atoms with E-state index in [1.165, 1.54) is 25.7 Å². The maximum absolute atomic E-state index is 5.58. The normalized spacial score (nSPS) is 17.7. The molecule has 17 heavy (non-hydrogen) atoms. The van der Waals surface area contributed by atoms with Crippen LogP contribution in [0.25, 0.3) is 0 Å². The number of hydrogen-bond acceptors (Lipinski definition) is 3. The molecule has 3 N–H and O–H groups in total. The predicted molar refractivity (Wildman–Crippen MR) is 68.7 cm³/mol. The third-order valence-electron chi connectivity index (χ3n) is 3.31. The van der Waals surface area contributed by atoms with Gasteiger partial charge in [-0.3, -0.25) is 9.67 Å². The van der Waals surface area contributed by atoms with Crippen molar-refractivity contribution < 1.29 is 0 Å². The molecule has 5 heteroatoms. The van der Waals surface area contributed by atoms with Gasteiger partial charge in [-0.15, -0.1) is 0 Å². The fourth-order valence-corrected chi connectivity index (χ4v) is 2.31. The minimum Gasteiger partial charge on any atom is -0.307 e. The van der Waals surface area contributed by atoms with Gasteiger partial charge in [0.2, 0.25) is 0 Å². The Morgan fingerprint density at radius 1 is 1.59 bits per heavy atom. The molecule has 1 aromatic rings. The molecule has 2 rings (SSSR count). The Labute approximate surface area is 102 Å². The van der Waals surface area contributed by atoms with E-state index in [9.17, 15) is 0 Å². The lowest BCUT2D eigenvalue weighted by Crippen LogP contribution is -2.33. The quantitative estimate of drug-likeness (QED) is 0.357. The van der Waals surface area contributed by atoms with Gasteiger partial charge in [-0.25, -0.2) is 5.84 Å². The van der Waals surface area contributed by atoms with E-state index in [2.05, 4.69) is 17.4 Å². The average molecular weight is 235 g/mol. The van der Waals surface area contributed by atoms with E-state index in [0.29, 0.717) is 6.04 Å². The lowest BCUT2D eigenvalue weighted by Gasteiger charge is -2.09. The van der Waals surface area contributed by atoms with Gasteiger partial charge in [0.1, 0.15) is 5.69 Å². The second-order valence-electron chi connectivity index (χ2n) is 4.56. The Balaban J connectivity index is 2.24. The van der Waals surface area contributed by atoms with Crippen molar-refractivity contribution in [1.29, 1.82) is 0 Å². The van der Waals surface area contributed by atoms with Crippen LogP contribution in [0.5, 0.6) is 0 Å². The van der Waals surface area contributed by atoms with Crippen LogP contribution in [0.1, 0.15) is 44.0 Å². The van der Waals surface area contributed by atoms with Crippen molar-refractivity contribution >= 4 is 5.84 Å². The standard InChI is InChI=1S/C12H21N5/c1-3-9-8-11(17(2)16-9)12(15-13)14-10-6-4-5-7-10/h8,10H,3-7,13H2,1-2H3,(H,14,15). The van der Waals surface area contributed by atoms with Crippen LogP contribution in [0, 0.1) is 0 Å². The zero-order valence-corrected chi connectivity index (χ0v) is 10.6. The van der Waals surface area contributed by atoms with Gasteiger partial charge in [-0.1, -0.05) is 19.8 Å². The minimum absolute atomic E-state index is 0.418. The molecule has 0 unspecified atom stereocenters. The van der Waals surface area contributed by atoms with Crippen molar-refractivity contribution in [2.45, 2.75) is 45.1 Å². The van der Waals surface area contributed by atoms with E-state index in [1.54, 1.807) is 0 Å². The summed E-state index contributed by atoms with van der Waals surface area (Å²) >= 11 is 0. The fraction of sp³-hybridized carbons (Fsp3) is 0.667. The maximum Gasteiger partial charge on any atom is 0.161 e. The van der Waals surface area contributed by atoms with Crippen LogP contribution >= 0.6 is 0 Å². The first-order valence-electron chi connectivity index (χ1n) is 6.32. The summed E-state index contributed by atoms with van der Waals surface area (Å²) in [4.78, 5) is 4.69. The van der Waals surface area contributed by atoms with Crippen LogP contribution in [-0.4, -0.2) is 21.7 Å². The van der Waals surface area contributed by atoms with E-state index >= 15 is 0 Å². The van der Waals surface area contributed by atoms with E-state index in [-0.39, 0.29) is 0 Å². The first-order valence-corrected chi connectivity index (χ1v) is 6.32. The van der Waals surface area contributed by atoms with Gasteiger partial charge in [0.25, 0.3) is 0 Å². The van der Waals surface area contributed by atoms with Gasteiger partial charge in [0.05, 0.1) is 11.7 Å². The molecule has 1 aromatic heterocycles. The highest BCUT2D eigenvalue weighted by Crippen LogP contribution is 2.21. The summed E-state index contributed by atoms with van der Waals surface area (Å²) in [5.74, 6) is 6.34. The molecule has 0 aliphatic heterocycles. The summed E-state index contributed by atoms with van der Waals surface area (Å²) in [5, 5.41) is 4.41. The summed E-state index contributed by atoms with van der Waals surface area (Å²) < 4.78 is 1.84. The number of hydrazine groups is 1. The molecule has 0 spiro atoms. The van der Waals surface area contributed by atoms with Crippen LogP contribution in [0.4, 0.5) is 0 Å². The molecule has 1 fully saturated rings. The Morgan fingerprint density at radius 3 is 2.82 bits per heavy atom. The lowest BCUT2D eigenvalue weighted by molar-refractivity contribution is 0.692. The second kappa shape index (κ2) is 5.31. The molecule has 1 saturated carbocycles. The molecular formula is C12H21N5. The van der Waals surface area contributed by atoms with Crippen LogP contribution < -0.4 is 11.3 Å². The number of aliphatic imine (C=N–C) groups is 1. The Morgan fingerprint density at radius 2 is 2.29 bits per heavy atom. The van der Waals surface area contributed by atoms with Crippen molar-refractivity contribution in [2.75, 3.05) is 0 Å². The zero-order valence-electron chi connectivity index (χ0n) is 10.6. The molecule has 0 saturated heterocycles. The molecule has 0 amide bonds. The Hall–Kier alpha value is -1.36. The molecule has 0 atom stereocenters. The number of aromatic nitrogens is 2. The van der Waals surface area contributed by atoms with Crippen LogP contribution in [0.15, 0.2) is 11.1 Å². The first-order chi connectivity index (χ1) is 8.24. The molecule has 0 radical (unpaired) electrons. The van der Waals surface area contributed by atoms with Crippen molar-refractivity contribution in [2.24, 2.45) is 17.9 Å². The number of nitrogens with zero attached hydrogens (tertiary/aromatic N) is 3. The third-order valence-corrected chi connectivity index (χ3v) is 3.31. The summed E-state index contributed by atoms with van der Waals surface area (Å²) in [6, 6.07) is 2.47. The number of hydrogen-bond donors (Lipinski definition) is 2. The van der Waals surface area contributed by atoms with Gasteiger partial charge in [0.15, 0.2) is 5.84 Å². The van der Waals surface area contributed by atoms with Crippen LogP contribution in [-0.2, 0) is 13.5 Å². The lowest BCUT2D eigenvalue weighted by atomic mass is 10.2. The number of aryl methyl sites for hydroxylation is 2. The molecule has 1 aliphatic rings. The number of nitrogens with two attached hydrogens (primary N) is 1. The fourth-order valence-electron chi connectivity index (χ4n) is 2.31. The summed E-state index contributed by atoms with van der Waals surface area (Å²) in [6.07, 6.45) is 5.82. The van der Waals surface area contributed by atoms with Crippen molar-refractivity contribution in [1.82, 2.24) is 15.2 Å². The first kappa shape index (κ1) is 12.1. The van der Waals surface area contributed by atoms with Crippen LogP contribution in [0.2, 0.25) is 0 Å². The summed E-state index contributed by atoms with van der Waals surface area (Å²) in [5.41, 5.74) is 4.75. The topological polar surface area (TPSA) is 68.2 Å². The van der Waals surface area contributed by atoms with E-state index in [4.69, 9.17) is 10.8 Å². The number of rotatable bonds is 3. The van der Waals surface area contributed by atoms with Gasteiger partial charge in [-0.05, 0) is 25.3 Å². The van der Waals surface area contributed by atoms with Crippen molar-refractivity contribution in [3.8, 4) is 0 Å². The van der Waals surface area contributed by atoms with E-state index in [0.717, 1.165) is 23.6 Å². The third kappa shape index (κ3) is 2.66. The largest absolute Gasteiger partial charge is 0.307 e. The van der Waals surface area contributed by atoms with Crippen LogP contribution in [0.3, 0.4) is 0 Å². The van der Waals surface area contributed by atoms with E-state index in [1.807, 2.05) is 17.8 Å². The highest BCUT2D eigenvalue weighted by molar-refractivity contribution is 5.97. The SMILES string of the molecule is CCc1cc(C(=NC2CCCC2)NN)n(C)n1. The summed E-state index contributed by atoms with van der Waals surface area (Å²) in [6.45, 7) is 2.09. The smallest absolute Gasteiger partial charge is 0.161 e. The molecule has 5 nitrogen and oxygen atoms in total. The molecule has 0 aromatic carbocycles. The van der Waals surface area contributed by atoms with E-state index < -0.39 is 0 Å². The molecule has 94 valence electrons. The minimum atomic E-state index is 0.418. The van der Waals surface area contributed by atoms with Crippen molar-refractivity contribution in [3.63, 3.8) is 0 Å². The van der Waals surface area contributed by atoms with Crippen molar-refractivity contribution in [3.05, 3.63) is 17.5 Å². The van der Waals surface area contributed by atoms with Gasteiger partial charge in [0, 0.05) is 7.05 Å². The van der Waals surface area contributed by atoms with Gasteiger partial charge in [-0.2, -0.15) is 5.10 Å². The maximum atomic E-state index is 5.58. The Bertz CT molecular complexity index is 401. The van der Waals surface area contributed by atoms with Gasteiger partial charge < -0.3 is 5.43 Å². The molecule has 0 bridgehead atoms. The molecule has 1 heterocycles. The number of nitrogens with one attached hydrogen (secondary N) is 1. The highest BCUT2D eigenvalue weighted by Gasteiger charge is 2.17. The Kier molecular flexibility index (Phi) is 3.78. The predicted octanol–water partition coefficient (Wildman–Crippen LogP) is 1.13.